The molecular formula is C22H14N2O5. The molecule has 5 rings (SSSR count). The fraction of sp³-hybridized carbons (Fsp3) is 0. The molecule has 29 heavy (non-hydrogen) atoms. The summed E-state index contributed by atoms with van der Waals surface area (Å²) in [4.78, 5) is 18.6. The van der Waals surface area contributed by atoms with Crippen molar-refractivity contribution in [3.63, 3.8) is 0 Å². The van der Waals surface area contributed by atoms with Gasteiger partial charge in [-0.15, -0.1) is 0 Å². The number of benzene rings is 2. The molecule has 0 aliphatic carbocycles. The van der Waals surface area contributed by atoms with Crippen molar-refractivity contribution in [2.75, 3.05) is 4.90 Å². The van der Waals surface area contributed by atoms with E-state index in [1.54, 1.807) is 54.7 Å². The van der Waals surface area contributed by atoms with Gasteiger partial charge in [-0.25, -0.2) is 14.7 Å². The number of ether oxygens (including phenoxy) is 4. The Kier molecular flexibility index (Phi) is 4.10. The van der Waals surface area contributed by atoms with Gasteiger partial charge in [0.05, 0.1) is 0 Å². The maximum absolute atomic E-state index is 13.1. The first-order valence-corrected chi connectivity index (χ1v) is 8.82. The van der Waals surface area contributed by atoms with Gasteiger partial charge >= 0.3 is 6.09 Å². The van der Waals surface area contributed by atoms with Crippen LogP contribution < -0.4 is 23.8 Å². The predicted molar refractivity (Wildman–Crippen MR) is 104 cm³/mol. The Morgan fingerprint density at radius 2 is 1.55 bits per heavy atom. The standard InChI is InChI=1S/C22H14N2O5/c25-22(28-15-7-2-1-3-8-15)24-16(13-26-19-11-6-12-23-21(19)24)20-14-27-17-9-4-5-10-18(17)29-20/h1-14H. The van der Waals surface area contributed by atoms with Gasteiger partial charge in [0.2, 0.25) is 0 Å². The van der Waals surface area contributed by atoms with Crippen LogP contribution in [0.15, 0.2) is 96.9 Å². The van der Waals surface area contributed by atoms with Gasteiger partial charge in [0.25, 0.3) is 0 Å². The Balaban J connectivity index is 1.51. The Bertz CT molecular complexity index is 1140. The highest BCUT2D eigenvalue weighted by Crippen LogP contribution is 2.39. The monoisotopic (exact) mass is 386 g/mol. The van der Waals surface area contributed by atoms with E-state index in [4.69, 9.17) is 18.9 Å². The third kappa shape index (κ3) is 3.14. The minimum Gasteiger partial charge on any atom is -0.459 e. The van der Waals surface area contributed by atoms with Crippen molar-refractivity contribution < 1.29 is 23.7 Å². The fourth-order valence-corrected chi connectivity index (χ4v) is 2.92. The van der Waals surface area contributed by atoms with Crippen LogP contribution in [0.1, 0.15) is 0 Å². The Labute approximate surface area is 166 Å². The number of hydrogen-bond acceptors (Lipinski definition) is 6. The van der Waals surface area contributed by atoms with E-state index < -0.39 is 6.09 Å². The summed E-state index contributed by atoms with van der Waals surface area (Å²) in [6.07, 6.45) is 3.72. The third-order valence-electron chi connectivity index (χ3n) is 4.25. The van der Waals surface area contributed by atoms with Gasteiger partial charge in [-0.1, -0.05) is 30.3 Å². The number of para-hydroxylation sites is 3. The van der Waals surface area contributed by atoms with Crippen molar-refractivity contribution in [2.24, 2.45) is 0 Å². The molecule has 0 saturated heterocycles. The van der Waals surface area contributed by atoms with Crippen LogP contribution in [-0.4, -0.2) is 11.1 Å². The number of nitrogens with zero attached hydrogens (tertiary/aromatic N) is 2. The van der Waals surface area contributed by atoms with Crippen molar-refractivity contribution in [1.82, 2.24) is 4.98 Å². The predicted octanol–water partition coefficient (Wildman–Crippen LogP) is 4.63. The van der Waals surface area contributed by atoms with Crippen LogP contribution in [0.2, 0.25) is 0 Å². The van der Waals surface area contributed by atoms with Crippen molar-refractivity contribution in [3.05, 3.63) is 96.9 Å². The van der Waals surface area contributed by atoms with E-state index in [-0.39, 0.29) is 11.6 Å². The van der Waals surface area contributed by atoms with Gasteiger partial charge in [0, 0.05) is 6.20 Å². The van der Waals surface area contributed by atoms with Gasteiger partial charge in [-0.05, 0) is 36.4 Å². The summed E-state index contributed by atoms with van der Waals surface area (Å²) < 4.78 is 22.8. The van der Waals surface area contributed by atoms with Crippen LogP contribution in [0.25, 0.3) is 0 Å². The van der Waals surface area contributed by atoms with Gasteiger partial charge in [0.1, 0.15) is 24.0 Å². The van der Waals surface area contributed by atoms with Crippen LogP contribution in [-0.2, 0) is 0 Å². The minimum atomic E-state index is -0.658. The van der Waals surface area contributed by atoms with Gasteiger partial charge in [-0.2, -0.15) is 0 Å². The summed E-state index contributed by atoms with van der Waals surface area (Å²) in [5.41, 5.74) is 0.298. The summed E-state index contributed by atoms with van der Waals surface area (Å²) in [7, 11) is 0. The molecule has 2 aliphatic heterocycles. The fourth-order valence-electron chi connectivity index (χ4n) is 2.92. The van der Waals surface area contributed by atoms with Crippen LogP contribution in [0.5, 0.6) is 23.0 Å². The second kappa shape index (κ2) is 7.05. The number of fused-ring (bicyclic) bond motifs is 2. The summed E-state index contributed by atoms with van der Waals surface area (Å²) in [5, 5.41) is 0. The molecule has 7 nitrogen and oxygen atoms in total. The lowest BCUT2D eigenvalue weighted by atomic mass is 10.2. The number of aromatic nitrogens is 1. The van der Waals surface area contributed by atoms with E-state index in [1.165, 1.54) is 17.4 Å². The van der Waals surface area contributed by atoms with E-state index >= 15 is 0 Å². The molecule has 0 bridgehead atoms. The van der Waals surface area contributed by atoms with Crippen LogP contribution >= 0.6 is 0 Å². The molecular weight excluding hydrogens is 372 g/mol. The molecule has 0 fully saturated rings. The van der Waals surface area contributed by atoms with E-state index in [0.29, 0.717) is 28.7 Å². The molecule has 2 aliphatic rings. The van der Waals surface area contributed by atoms with E-state index in [9.17, 15) is 4.79 Å². The second-order valence-corrected chi connectivity index (χ2v) is 6.11. The molecule has 2 aromatic carbocycles. The van der Waals surface area contributed by atoms with Gasteiger partial charge in [0.15, 0.2) is 28.8 Å². The molecule has 3 aromatic rings. The molecule has 3 heterocycles. The zero-order valence-electron chi connectivity index (χ0n) is 15.0. The molecule has 0 spiro atoms. The molecule has 1 aromatic heterocycles. The van der Waals surface area contributed by atoms with E-state index in [2.05, 4.69) is 4.98 Å². The highest BCUT2D eigenvalue weighted by molar-refractivity contribution is 5.94. The van der Waals surface area contributed by atoms with Crippen molar-refractivity contribution in [3.8, 4) is 23.0 Å². The largest absolute Gasteiger partial charge is 0.459 e. The number of amides is 1. The number of rotatable bonds is 2. The molecule has 0 radical (unpaired) electrons. The average molecular weight is 386 g/mol. The third-order valence-corrected chi connectivity index (χ3v) is 4.25. The summed E-state index contributed by atoms with van der Waals surface area (Å²) in [6, 6.07) is 19.4. The first kappa shape index (κ1) is 16.9. The lowest BCUT2D eigenvalue weighted by Gasteiger charge is -2.30. The van der Waals surface area contributed by atoms with Crippen molar-refractivity contribution in [1.29, 1.82) is 0 Å². The molecule has 142 valence electrons. The van der Waals surface area contributed by atoms with E-state index in [0.717, 1.165) is 0 Å². The topological polar surface area (TPSA) is 70.1 Å². The molecule has 1 amide bonds. The van der Waals surface area contributed by atoms with Crippen LogP contribution in [0, 0.1) is 0 Å². The quantitative estimate of drug-likeness (QED) is 0.639. The maximum Gasteiger partial charge on any atom is 0.425 e. The number of carbonyl (C=O) groups is 1. The van der Waals surface area contributed by atoms with Crippen LogP contribution in [0.3, 0.4) is 0 Å². The zero-order valence-corrected chi connectivity index (χ0v) is 15.0. The number of anilines is 1. The lowest BCUT2D eigenvalue weighted by Crippen LogP contribution is -2.37. The van der Waals surface area contributed by atoms with E-state index in [1.807, 2.05) is 18.2 Å². The number of pyridine rings is 1. The normalized spacial score (nSPS) is 14.1. The first-order chi connectivity index (χ1) is 14.3. The SMILES string of the molecule is O=C(Oc1ccccc1)N1C(C2=COc3ccccc3O2)=COc2cccnc21. The Morgan fingerprint density at radius 1 is 0.828 bits per heavy atom. The molecule has 7 heteroatoms. The first-order valence-electron chi connectivity index (χ1n) is 8.82. The van der Waals surface area contributed by atoms with Crippen molar-refractivity contribution >= 4 is 11.9 Å². The molecule has 0 atom stereocenters. The maximum atomic E-state index is 13.1. The summed E-state index contributed by atoms with van der Waals surface area (Å²) >= 11 is 0. The molecule has 0 N–H and O–H groups in total. The second-order valence-electron chi connectivity index (χ2n) is 6.11. The molecule has 0 saturated carbocycles. The number of carbonyl (C=O) groups excluding carboxylic acids is 1. The minimum absolute atomic E-state index is 0.282. The summed E-state index contributed by atoms with van der Waals surface area (Å²) in [5.74, 6) is 2.49. The smallest absolute Gasteiger partial charge is 0.425 e. The highest BCUT2D eigenvalue weighted by atomic mass is 16.6. The average Bonchev–Trinajstić information content (AvgIpc) is 2.78. The Hall–Kier alpha value is -4.26. The highest BCUT2D eigenvalue weighted by Gasteiger charge is 2.34. The lowest BCUT2D eigenvalue weighted by molar-refractivity contribution is 0.207. The number of hydrogen-bond donors (Lipinski definition) is 0. The molecule has 0 unspecified atom stereocenters. The summed E-state index contributed by atoms with van der Waals surface area (Å²) in [6.45, 7) is 0. The van der Waals surface area contributed by atoms with Crippen molar-refractivity contribution in [2.45, 2.75) is 0 Å². The van der Waals surface area contributed by atoms with Gasteiger partial charge in [-0.3, -0.25) is 0 Å². The van der Waals surface area contributed by atoms with Crippen LogP contribution in [0.4, 0.5) is 10.6 Å². The zero-order chi connectivity index (χ0) is 19.6. The Morgan fingerprint density at radius 3 is 2.41 bits per heavy atom. The van der Waals surface area contributed by atoms with Gasteiger partial charge < -0.3 is 18.9 Å².